The topological polar surface area (TPSA) is 50.7 Å². The Morgan fingerprint density at radius 3 is 2.52 bits per heavy atom. The van der Waals surface area contributed by atoms with E-state index in [9.17, 15) is 4.79 Å². The van der Waals surface area contributed by atoms with Gasteiger partial charge >= 0.3 is 0 Å². The lowest BCUT2D eigenvalue weighted by Gasteiger charge is -2.07. The van der Waals surface area contributed by atoms with Crippen LogP contribution in [0.3, 0.4) is 0 Å². The number of rotatable bonds is 5. The Bertz CT molecular complexity index is 642. The van der Waals surface area contributed by atoms with Gasteiger partial charge in [-0.2, -0.15) is 5.10 Å². The minimum atomic E-state index is -0.342. The van der Waals surface area contributed by atoms with E-state index in [-0.39, 0.29) is 12.5 Å². The number of nitrogens with one attached hydrogen (secondary N) is 1. The number of amides is 1. The first-order valence-corrected chi connectivity index (χ1v) is 6.80. The third-order valence-corrected chi connectivity index (χ3v) is 3.05. The molecule has 0 radical (unpaired) electrons. The molecule has 0 aromatic heterocycles. The monoisotopic (exact) mass is 302 g/mol. The van der Waals surface area contributed by atoms with Crippen molar-refractivity contribution in [1.82, 2.24) is 5.43 Å². The second-order valence-electron chi connectivity index (χ2n) is 4.32. The van der Waals surface area contributed by atoms with Gasteiger partial charge in [-0.15, -0.1) is 0 Å². The normalized spacial score (nSPS) is 11.0. The first-order chi connectivity index (χ1) is 10.2. The zero-order valence-electron chi connectivity index (χ0n) is 11.5. The maximum Gasteiger partial charge on any atom is 0.277 e. The van der Waals surface area contributed by atoms with Crippen molar-refractivity contribution < 1.29 is 9.53 Å². The summed E-state index contributed by atoms with van der Waals surface area (Å²) in [6.07, 6.45) is 0. The molecule has 2 aromatic carbocycles. The molecule has 0 fully saturated rings. The van der Waals surface area contributed by atoms with Crippen LogP contribution in [0, 0.1) is 0 Å². The van der Waals surface area contributed by atoms with Crippen molar-refractivity contribution in [3.8, 4) is 5.75 Å². The van der Waals surface area contributed by atoms with E-state index in [0.717, 1.165) is 11.3 Å². The van der Waals surface area contributed by atoms with Crippen LogP contribution < -0.4 is 10.2 Å². The summed E-state index contributed by atoms with van der Waals surface area (Å²) in [5.41, 5.74) is 4.12. The fourth-order valence-electron chi connectivity index (χ4n) is 1.63. The Balaban J connectivity index is 1.87. The van der Waals surface area contributed by atoms with Gasteiger partial charge in [0, 0.05) is 0 Å². The second kappa shape index (κ2) is 7.45. The highest BCUT2D eigenvalue weighted by Gasteiger charge is 2.05. The van der Waals surface area contributed by atoms with Crippen LogP contribution >= 0.6 is 11.6 Å². The van der Waals surface area contributed by atoms with Gasteiger partial charge in [0.2, 0.25) is 0 Å². The summed E-state index contributed by atoms with van der Waals surface area (Å²) in [7, 11) is 0. The van der Waals surface area contributed by atoms with Gasteiger partial charge in [-0.1, -0.05) is 54.1 Å². The van der Waals surface area contributed by atoms with E-state index in [1.165, 1.54) is 0 Å². The molecule has 108 valence electrons. The Labute approximate surface area is 128 Å². The molecule has 0 spiro atoms. The summed E-state index contributed by atoms with van der Waals surface area (Å²) in [5, 5.41) is 4.50. The summed E-state index contributed by atoms with van der Waals surface area (Å²) in [6.45, 7) is 1.68. The Morgan fingerprint density at radius 1 is 1.14 bits per heavy atom. The van der Waals surface area contributed by atoms with E-state index in [0.29, 0.717) is 10.8 Å². The van der Waals surface area contributed by atoms with Gasteiger partial charge in [-0.3, -0.25) is 4.79 Å². The molecule has 0 unspecified atom stereocenters. The van der Waals surface area contributed by atoms with Gasteiger partial charge in [-0.05, 0) is 24.6 Å². The fraction of sp³-hybridized carbons (Fsp3) is 0.125. The average Bonchev–Trinajstić information content (AvgIpc) is 2.52. The van der Waals surface area contributed by atoms with Crippen LogP contribution in [0.5, 0.6) is 5.75 Å². The van der Waals surface area contributed by atoms with E-state index < -0.39 is 0 Å². The van der Waals surface area contributed by atoms with E-state index in [1.54, 1.807) is 24.3 Å². The van der Waals surface area contributed by atoms with Crippen molar-refractivity contribution in [3.63, 3.8) is 0 Å². The fourth-order valence-corrected chi connectivity index (χ4v) is 1.82. The SMILES string of the molecule is C/C(=N/NC(=O)COc1ccccc1Cl)c1ccccc1. The molecule has 1 N–H and O–H groups in total. The molecule has 0 saturated heterocycles. The zero-order valence-corrected chi connectivity index (χ0v) is 12.3. The van der Waals surface area contributed by atoms with Crippen LogP contribution in [0.2, 0.25) is 5.02 Å². The Hall–Kier alpha value is -2.33. The molecule has 5 heteroatoms. The molecule has 0 bridgehead atoms. The number of carbonyl (C=O) groups is 1. The highest BCUT2D eigenvalue weighted by atomic mass is 35.5. The number of hydrazone groups is 1. The van der Waals surface area contributed by atoms with Crippen LogP contribution in [0.25, 0.3) is 0 Å². The number of carbonyl (C=O) groups excluding carboxylic acids is 1. The first-order valence-electron chi connectivity index (χ1n) is 6.42. The smallest absolute Gasteiger partial charge is 0.277 e. The molecule has 0 atom stereocenters. The molecular weight excluding hydrogens is 288 g/mol. The van der Waals surface area contributed by atoms with E-state index in [1.807, 2.05) is 37.3 Å². The highest BCUT2D eigenvalue weighted by Crippen LogP contribution is 2.22. The Kier molecular flexibility index (Phi) is 5.35. The van der Waals surface area contributed by atoms with Gasteiger partial charge in [0.15, 0.2) is 6.61 Å². The standard InChI is InChI=1S/C16H15ClN2O2/c1-12(13-7-3-2-4-8-13)18-19-16(20)11-21-15-10-6-5-9-14(15)17/h2-10H,11H2,1H3,(H,19,20)/b18-12-. The van der Waals surface area contributed by atoms with Gasteiger partial charge in [0.05, 0.1) is 10.7 Å². The number of para-hydroxylation sites is 1. The molecule has 1 amide bonds. The van der Waals surface area contributed by atoms with Gasteiger partial charge in [0.25, 0.3) is 5.91 Å². The number of benzene rings is 2. The van der Waals surface area contributed by atoms with Crippen molar-refractivity contribution in [2.45, 2.75) is 6.92 Å². The second-order valence-corrected chi connectivity index (χ2v) is 4.72. The molecule has 2 rings (SSSR count). The summed E-state index contributed by atoms with van der Waals surface area (Å²) in [6, 6.07) is 16.6. The minimum Gasteiger partial charge on any atom is -0.482 e. The van der Waals surface area contributed by atoms with Crippen LogP contribution in [0.1, 0.15) is 12.5 Å². The Morgan fingerprint density at radius 2 is 1.81 bits per heavy atom. The van der Waals surface area contributed by atoms with Crippen molar-refractivity contribution in [3.05, 3.63) is 65.2 Å². The van der Waals surface area contributed by atoms with Crippen molar-refractivity contribution in [2.24, 2.45) is 5.10 Å². The molecule has 0 aliphatic heterocycles. The third-order valence-electron chi connectivity index (χ3n) is 2.74. The van der Waals surface area contributed by atoms with Crippen molar-refractivity contribution in [2.75, 3.05) is 6.61 Å². The molecule has 0 heterocycles. The lowest BCUT2D eigenvalue weighted by Crippen LogP contribution is -2.25. The summed E-state index contributed by atoms with van der Waals surface area (Å²) >= 11 is 5.93. The average molecular weight is 303 g/mol. The first kappa shape index (κ1) is 15.1. The van der Waals surface area contributed by atoms with Crippen LogP contribution in [-0.2, 0) is 4.79 Å². The van der Waals surface area contributed by atoms with Crippen molar-refractivity contribution >= 4 is 23.2 Å². The largest absolute Gasteiger partial charge is 0.482 e. The van der Waals surface area contributed by atoms with Gasteiger partial charge < -0.3 is 4.74 Å². The van der Waals surface area contributed by atoms with Gasteiger partial charge in [0.1, 0.15) is 5.75 Å². The number of ether oxygens (including phenoxy) is 1. The quantitative estimate of drug-likeness (QED) is 0.681. The molecular formula is C16H15ClN2O2. The number of hydrogen-bond donors (Lipinski definition) is 1. The third kappa shape index (κ3) is 4.61. The number of nitrogens with zero attached hydrogens (tertiary/aromatic N) is 1. The predicted octanol–water partition coefficient (Wildman–Crippen LogP) is 3.26. The van der Waals surface area contributed by atoms with Gasteiger partial charge in [-0.25, -0.2) is 5.43 Å². The van der Waals surface area contributed by atoms with E-state index in [4.69, 9.17) is 16.3 Å². The molecule has 0 saturated carbocycles. The highest BCUT2D eigenvalue weighted by molar-refractivity contribution is 6.32. The maximum atomic E-state index is 11.7. The predicted molar refractivity (Wildman–Crippen MR) is 83.7 cm³/mol. The van der Waals surface area contributed by atoms with Crippen molar-refractivity contribution in [1.29, 1.82) is 0 Å². The maximum absolute atomic E-state index is 11.7. The van der Waals surface area contributed by atoms with E-state index in [2.05, 4.69) is 10.5 Å². The molecule has 4 nitrogen and oxygen atoms in total. The molecule has 21 heavy (non-hydrogen) atoms. The minimum absolute atomic E-state index is 0.144. The molecule has 2 aromatic rings. The molecule has 0 aliphatic rings. The van der Waals surface area contributed by atoms with Crippen LogP contribution in [0.4, 0.5) is 0 Å². The lowest BCUT2D eigenvalue weighted by atomic mass is 10.1. The zero-order chi connectivity index (χ0) is 15.1. The summed E-state index contributed by atoms with van der Waals surface area (Å²) < 4.78 is 5.32. The molecule has 0 aliphatic carbocycles. The summed E-state index contributed by atoms with van der Waals surface area (Å²) in [5.74, 6) is 0.128. The number of halogens is 1. The lowest BCUT2D eigenvalue weighted by molar-refractivity contribution is -0.123. The van der Waals surface area contributed by atoms with Crippen LogP contribution in [0.15, 0.2) is 59.7 Å². The van der Waals surface area contributed by atoms with Crippen LogP contribution in [-0.4, -0.2) is 18.2 Å². The summed E-state index contributed by atoms with van der Waals surface area (Å²) in [4.78, 5) is 11.7. The number of hydrogen-bond acceptors (Lipinski definition) is 3. The van der Waals surface area contributed by atoms with E-state index >= 15 is 0 Å².